The highest BCUT2D eigenvalue weighted by Crippen LogP contribution is 2.30. The number of hydrogen-bond acceptors (Lipinski definition) is 3. The third-order valence-electron chi connectivity index (χ3n) is 5.69. The van der Waals surface area contributed by atoms with E-state index in [0.29, 0.717) is 18.7 Å². The SMILES string of the molecule is Cc1cc(C2=NCc3cc4c(cc32)CN(Cc2ccc(F)cc2F)C(=O)C4)ccn1. The molecule has 0 aliphatic carbocycles. The molecule has 2 aliphatic rings. The van der Waals surface area contributed by atoms with Crippen LogP contribution in [-0.2, 0) is 30.8 Å². The summed E-state index contributed by atoms with van der Waals surface area (Å²) in [6, 6.07) is 11.6. The number of benzene rings is 2. The molecule has 0 N–H and O–H groups in total. The molecule has 0 atom stereocenters. The third kappa shape index (κ3) is 3.28. The number of fused-ring (bicyclic) bond motifs is 2. The minimum absolute atomic E-state index is 0.0601. The van der Waals surface area contributed by atoms with E-state index < -0.39 is 11.6 Å². The molecule has 2 aromatic carbocycles. The first kappa shape index (κ1) is 18.6. The van der Waals surface area contributed by atoms with Crippen molar-refractivity contribution in [2.45, 2.75) is 33.0 Å². The van der Waals surface area contributed by atoms with Crippen LogP contribution in [-0.4, -0.2) is 21.5 Å². The molecule has 1 amide bonds. The van der Waals surface area contributed by atoms with E-state index in [2.05, 4.69) is 17.1 Å². The highest BCUT2D eigenvalue weighted by atomic mass is 19.1. The molecule has 1 aromatic heterocycles. The number of carbonyl (C=O) groups excluding carboxylic acids is 1. The van der Waals surface area contributed by atoms with E-state index >= 15 is 0 Å². The van der Waals surface area contributed by atoms with Crippen LogP contribution in [0.3, 0.4) is 0 Å². The number of aromatic nitrogens is 1. The first-order valence-corrected chi connectivity index (χ1v) is 9.82. The molecule has 0 bridgehead atoms. The second-order valence-electron chi connectivity index (χ2n) is 7.79. The average Bonchev–Trinajstić information content (AvgIpc) is 3.11. The fraction of sp³-hybridized carbons (Fsp3) is 0.208. The maximum Gasteiger partial charge on any atom is 0.227 e. The fourth-order valence-corrected chi connectivity index (χ4v) is 4.16. The molecule has 3 heterocycles. The number of halogens is 2. The van der Waals surface area contributed by atoms with Crippen LogP contribution in [0.5, 0.6) is 0 Å². The lowest BCUT2D eigenvalue weighted by atomic mass is 9.91. The zero-order chi connectivity index (χ0) is 20.8. The molecular weight excluding hydrogens is 384 g/mol. The summed E-state index contributed by atoms with van der Waals surface area (Å²) in [4.78, 5) is 23.2. The number of aryl methyl sites for hydroxylation is 1. The van der Waals surface area contributed by atoms with Gasteiger partial charge in [0.05, 0.1) is 18.7 Å². The van der Waals surface area contributed by atoms with Gasteiger partial charge >= 0.3 is 0 Å². The number of pyridine rings is 1. The standard InChI is InChI=1S/C24H19F2N3O/c1-14-6-15(4-5-27-14)24-21-8-19-13-29(12-16-2-3-20(25)10-22(16)26)23(30)9-17(19)7-18(21)11-28-24/h2-8,10H,9,11-13H2,1H3. The van der Waals surface area contributed by atoms with Crippen molar-refractivity contribution in [1.29, 1.82) is 0 Å². The average molecular weight is 403 g/mol. The Kier molecular flexibility index (Phi) is 4.42. The van der Waals surface area contributed by atoms with Gasteiger partial charge in [-0.15, -0.1) is 0 Å². The number of amides is 1. The van der Waals surface area contributed by atoms with Crippen molar-refractivity contribution >= 4 is 11.6 Å². The van der Waals surface area contributed by atoms with Gasteiger partial charge in [-0.3, -0.25) is 14.8 Å². The molecule has 0 saturated heterocycles. The minimum Gasteiger partial charge on any atom is -0.334 e. The second-order valence-corrected chi connectivity index (χ2v) is 7.79. The van der Waals surface area contributed by atoms with Crippen molar-refractivity contribution in [3.05, 3.63) is 99.4 Å². The number of rotatable bonds is 3. The van der Waals surface area contributed by atoms with Crippen molar-refractivity contribution in [3.63, 3.8) is 0 Å². The molecule has 2 aliphatic heterocycles. The van der Waals surface area contributed by atoms with Crippen LogP contribution in [0, 0.1) is 18.6 Å². The van der Waals surface area contributed by atoms with Crippen LogP contribution >= 0.6 is 0 Å². The van der Waals surface area contributed by atoms with Gasteiger partial charge in [-0.2, -0.15) is 0 Å². The molecular formula is C24H19F2N3O. The van der Waals surface area contributed by atoms with Gasteiger partial charge in [-0.25, -0.2) is 8.78 Å². The van der Waals surface area contributed by atoms with E-state index in [9.17, 15) is 13.6 Å². The lowest BCUT2D eigenvalue weighted by Gasteiger charge is -2.29. The number of aliphatic imine (C=N–C) groups is 1. The van der Waals surface area contributed by atoms with E-state index in [1.165, 1.54) is 12.1 Å². The van der Waals surface area contributed by atoms with Crippen LogP contribution in [0.15, 0.2) is 53.7 Å². The Morgan fingerprint density at radius 1 is 1.03 bits per heavy atom. The lowest BCUT2D eigenvalue weighted by Crippen LogP contribution is -2.36. The Labute approximate surface area is 172 Å². The third-order valence-corrected chi connectivity index (χ3v) is 5.69. The number of hydrogen-bond donors (Lipinski definition) is 0. The summed E-state index contributed by atoms with van der Waals surface area (Å²) in [6.07, 6.45) is 2.05. The highest BCUT2D eigenvalue weighted by Gasteiger charge is 2.27. The Hall–Kier alpha value is -3.41. The Bertz CT molecular complexity index is 1220. The quantitative estimate of drug-likeness (QED) is 0.661. The van der Waals surface area contributed by atoms with Crippen molar-refractivity contribution in [2.75, 3.05) is 0 Å². The fourth-order valence-electron chi connectivity index (χ4n) is 4.16. The zero-order valence-corrected chi connectivity index (χ0v) is 16.5. The minimum atomic E-state index is -0.634. The summed E-state index contributed by atoms with van der Waals surface area (Å²) in [6.45, 7) is 3.05. The van der Waals surface area contributed by atoms with Gasteiger partial charge in [0.25, 0.3) is 0 Å². The predicted octanol–water partition coefficient (Wildman–Crippen LogP) is 4.10. The molecule has 0 saturated carbocycles. The van der Waals surface area contributed by atoms with Gasteiger partial charge in [0.15, 0.2) is 0 Å². The van der Waals surface area contributed by atoms with E-state index in [1.807, 2.05) is 19.1 Å². The molecule has 4 nitrogen and oxygen atoms in total. The topological polar surface area (TPSA) is 45.6 Å². The summed E-state index contributed by atoms with van der Waals surface area (Å²) in [5.41, 5.74) is 7.42. The summed E-state index contributed by atoms with van der Waals surface area (Å²) in [5, 5.41) is 0. The molecule has 0 spiro atoms. The van der Waals surface area contributed by atoms with E-state index in [-0.39, 0.29) is 18.9 Å². The van der Waals surface area contributed by atoms with Gasteiger partial charge in [0.2, 0.25) is 5.91 Å². The van der Waals surface area contributed by atoms with Gasteiger partial charge in [-0.1, -0.05) is 12.1 Å². The maximum atomic E-state index is 14.1. The molecule has 30 heavy (non-hydrogen) atoms. The second kappa shape index (κ2) is 7.13. The largest absolute Gasteiger partial charge is 0.334 e. The molecule has 0 radical (unpaired) electrons. The molecule has 0 unspecified atom stereocenters. The smallest absolute Gasteiger partial charge is 0.227 e. The highest BCUT2D eigenvalue weighted by molar-refractivity contribution is 6.15. The van der Waals surface area contributed by atoms with E-state index in [1.54, 1.807) is 11.1 Å². The van der Waals surface area contributed by atoms with Gasteiger partial charge in [0, 0.05) is 47.7 Å². The maximum absolute atomic E-state index is 14.1. The number of carbonyl (C=O) groups is 1. The molecule has 3 aromatic rings. The first-order chi connectivity index (χ1) is 14.5. The molecule has 6 heteroatoms. The van der Waals surface area contributed by atoms with Crippen LogP contribution in [0.1, 0.15) is 39.1 Å². The van der Waals surface area contributed by atoms with Crippen molar-refractivity contribution in [3.8, 4) is 0 Å². The summed E-state index contributed by atoms with van der Waals surface area (Å²) in [5.74, 6) is -1.32. The predicted molar refractivity (Wildman–Crippen MR) is 109 cm³/mol. The molecule has 0 fully saturated rings. The summed E-state index contributed by atoms with van der Waals surface area (Å²) in [7, 11) is 0. The van der Waals surface area contributed by atoms with E-state index in [4.69, 9.17) is 4.99 Å². The molecule has 5 rings (SSSR count). The number of nitrogens with zero attached hydrogens (tertiary/aromatic N) is 3. The van der Waals surface area contributed by atoms with Crippen molar-refractivity contribution in [1.82, 2.24) is 9.88 Å². The van der Waals surface area contributed by atoms with Crippen LogP contribution in [0.4, 0.5) is 8.78 Å². The Balaban J connectivity index is 1.45. The van der Waals surface area contributed by atoms with E-state index in [0.717, 1.165) is 45.3 Å². The van der Waals surface area contributed by atoms with Crippen LogP contribution < -0.4 is 0 Å². The van der Waals surface area contributed by atoms with Crippen molar-refractivity contribution in [2.24, 2.45) is 4.99 Å². The Morgan fingerprint density at radius 3 is 2.70 bits per heavy atom. The first-order valence-electron chi connectivity index (χ1n) is 9.82. The van der Waals surface area contributed by atoms with Gasteiger partial charge < -0.3 is 4.90 Å². The van der Waals surface area contributed by atoms with Gasteiger partial charge in [0.1, 0.15) is 11.6 Å². The van der Waals surface area contributed by atoms with Gasteiger partial charge in [-0.05, 0) is 47.9 Å². The zero-order valence-electron chi connectivity index (χ0n) is 16.5. The normalized spacial score (nSPS) is 15.1. The monoisotopic (exact) mass is 403 g/mol. The Morgan fingerprint density at radius 2 is 1.90 bits per heavy atom. The van der Waals surface area contributed by atoms with Crippen LogP contribution in [0.25, 0.3) is 0 Å². The summed E-state index contributed by atoms with van der Waals surface area (Å²) >= 11 is 0. The van der Waals surface area contributed by atoms with Crippen LogP contribution in [0.2, 0.25) is 0 Å². The lowest BCUT2D eigenvalue weighted by molar-refractivity contribution is -0.132. The molecule has 150 valence electrons. The van der Waals surface area contributed by atoms with Crippen molar-refractivity contribution < 1.29 is 13.6 Å². The summed E-state index contributed by atoms with van der Waals surface area (Å²) < 4.78 is 27.3.